The zero-order valence-corrected chi connectivity index (χ0v) is 22.9. The van der Waals surface area contributed by atoms with Crippen LogP contribution in [0.3, 0.4) is 0 Å². The summed E-state index contributed by atoms with van der Waals surface area (Å²) in [6, 6.07) is 0. The zero-order chi connectivity index (χ0) is 24.7. The summed E-state index contributed by atoms with van der Waals surface area (Å²) in [7, 11) is 0. The van der Waals surface area contributed by atoms with Gasteiger partial charge in [-0.05, 0) is 86.4 Å². The minimum atomic E-state index is -0.967. The molecule has 2 N–H and O–H groups in total. The van der Waals surface area contributed by atoms with Gasteiger partial charge in [0.25, 0.3) is 0 Å². The van der Waals surface area contributed by atoms with Crippen molar-refractivity contribution < 1.29 is 14.9 Å². The number of fused-ring (bicyclic) bond motifs is 5. The van der Waals surface area contributed by atoms with Crippen LogP contribution in [0, 0.1) is 40.4 Å². The van der Waals surface area contributed by atoms with Gasteiger partial charge in [-0.2, -0.15) is 0 Å². The van der Waals surface area contributed by atoms with Gasteiger partial charge in [0.05, 0.1) is 6.10 Å². The Labute approximate surface area is 209 Å². The maximum absolute atomic E-state index is 12.2. The quantitative estimate of drug-likeness (QED) is 0.293. The number of aliphatic hydroxyl groups is 2. The van der Waals surface area contributed by atoms with Crippen LogP contribution in [0.25, 0.3) is 0 Å². The van der Waals surface area contributed by atoms with Crippen LogP contribution >= 0.6 is 0 Å². The van der Waals surface area contributed by atoms with E-state index in [4.69, 9.17) is 4.74 Å². The summed E-state index contributed by atoms with van der Waals surface area (Å²) in [6.45, 7) is 14.8. The van der Waals surface area contributed by atoms with Crippen molar-refractivity contribution in [3.63, 3.8) is 0 Å². The molecule has 4 aliphatic carbocycles. The van der Waals surface area contributed by atoms with Gasteiger partial charge in [-0.1, -0.05) is 71.8 Å². The third-order valence-corrected chi connectivity index (χ3v) is 10.8. The van der Waals surface area contributed by atoms with Crippen LogP contribution in [0.2, 0.25) is 0 Å². The first-order chi connectivity index (χ1) is 16.1. The molecule has 9 atom stereocenters. The average Bonchev–Trinajstić information content (AvgIpc) is 3.12. The fourth-order valence-corrected chi connectivity index (χ4v) is 8.67. The van der Waals surface area contributed by atoms with Gasteiger partial charge in [0, 0.05) is 18.4 Å². The molecule has 34 heavy (non-hydrogen) atoms. The molecule has 4 aliphatic rings. The maximum atomic E-state index is 12.2. The van der Waals surface area contributed by atoms with Crippen molar-refractivity contribution in [2.45, 2.75) is 124 Å². The third kappa shape index (κ3) is 4.37. The fourth-order valence-electron chi connectivity index (χ4n) is 8.67. The summed E-state index contributed by atoms with van der Waals surface area (Å²) in [5.74, 6) is 3.08. The van der Waals surface area contributed by atoms with Gasteiger partial charge in [0.1, 0.15) is 11.7 Å². The third-order valence-electron chi connectivity index (χ3n) is 10.8. The molecule has 0 saturated heterocycles. The van der Waals surface area contributed by atoms with E-state index in [-0.39, 0.29) is 11.5 Å². The first kappa shape index (κ1) is 26.4. The Hall–Kier alpha value is -0.640. The molecule has 0 aromatic heterocycles. The van der Waals surface area contributed by atoms with Crippen LogP contribution in [-0.4, -0.2) is 34.6 Å². The van der Waals surface area contributed by atoms with Gasteiger partial charge in [0.2, 0.25) is 0 Å². The van der Waals surface area contributed by atoms with Gasteiger partial charge < -0.3 is 14.9 Å². The standard InChI is InChI=1S/C31H52O3/c1-7-8-18-34-28-19-24-26-13-12-25(22(4)11-9-10-21(2)3)29(26,5)16-15-27(24)30(6)17-14-23(32)20-31(28,30)33/h9,11,19,21-23,25-28,32-33H,7-8,10,12-18,20H2,1-6H3/b11-9-/t22-,23+,25-,26+,27+,28-,29-,30-,31+/m1/s1. The molecular formula is C31H52O3. The van der Waals surface area contributed by atoms with Crippen molar-refractivity contribution in [3.05, 3.63) is 23.8 Å². The Morgan fingerprint density at radius 2 is 1.85 bits per heavy atom. The molecule has 0 aromatic rings. The van der Waals surface area contributed by atoms with E-state index in [0.717, 1.165) is 43.9 Å². The van der Waals surface area contributed by atoms with Crippen LogP contribution in [0.5, 0.6) is 0 Å². The Balaban J connectivity index is 1.64. The number of hydrogen-bond acceptors (Lipinski definition) is 3. The monoisotopic (exact) mass is 472 g/mol. The molecule has 3 heteroatoms. The summed E-state index contributed by atoms with van der Waals surface area (Å²) in [5.41, 5.74) is 0.748. The summed E-state index contributed by atoms with van der Waals surface area (Å²) < 4.78 is 6.44. The summed E-state index contributed by atoms with van der Waals surface area (Å²) in [4.78, 5) is 0. The summed E-state index contributed by atoms with van der Waals surface area (Å²) >= 11 is 0. The Morgan fingerprint density at radius 1 is 1.09 bits per heavy atom. The number of aliphatic hydroxyl groups excluding tert-OH is 1. The van der Waals surface area contributed by atoms with E-state index in [0.29, 0.717) is 36.2 Å². The van der Waals surface area contributed by atoms with Crippen molar-refractivity contribution in [1.29, 1.82) is 0 Å². The Bertz CT molecular complexity index is 771. The molecular weight excluding hydrogens is 420 g/mol. The highest BCUT2D eigenvalue weighted by molar-refractivity contribution is 5.33. The van der Waals surface area contributed by atoms with E-state index in [1.165, 1.54) is 25.7 Å². The van der Waals surface area contributed by atoms with Gasteiger partial charge >= 0.3 is 0 Å². The van der Waals surface area contributed by atoms with Crippen molar-refractivity contribution >= 4 is 0 Å². The van der Waals surface area contributed by atoms with Crippen LogP contribution in [0.15, 0.2) is 23.8 Å². The SMILES string of the molecule is CCCCO[C@@H]1C=C2[C@@H]3CC[C@H]([C@H](C)/C=C\CC(C)C)[C@@]3(C)CC[C@@H]2[C@@]2(C)CC[C@H](O)C[C@]12O. The molecule has 0 bridgehead atoms. The Morgan fingerprint density at radius 3 is 2.56 bits per heavy atom. The van der Waals surface area contributed by atoms with Crippen molar-refractivity contribution in [1.82, 2.24) is 0 Å². The van der Waals surface area contributed by atoms with E-state index in [2.05, 4.69) is 59.8 Å². The lowest BCUT2D eigenvalue weighted by Crippen LogP contribution is -2.66. The number of unbranched alkanes of at least 4 members (excludes halogenated alkanes) is 1. The van der Waals surface area contributed by atoms with Gasteiger partial charge in [-0.15, -0.1) is 0 Å². The smallest absolute Gasteiger partial charge is 0.105 e. The predicted molar refractivity (Wildman–Crippen MR) is 140 cm³/mol. The zero-order valence-electron chi connectivity index (χ0n) is 22.9. The highest BCUT2D eigenvalue weighted by atomic mass is 16.5. The number of hydrogen-bond donors (Lipinski definition) is 2. The van der Waals surface area contributed by atoms with E-state index in [1.807, 2.05) is 0 Å². The van der Waals surface area contributed by atoms with E-state index in [9.17, 15) is 10.2 Å². The van der Waals surface area contributed by atoms with E-state index >= 15 is 0 Å². The topological polar surface area (TPSA) is 49.7 Å². The number of ether oxygens (including phenoxy) is 1. The van der Waals surface area contributed by atoms with E-state index in [1.54, 1.807) is 5.57 Å². The molecule has 3 saturated carbocycles. The second-order valence-corrected chi connectivity index (χ2v) is 13.3. The fraction of sp³-hybridized carbons (Fsp3) is 0.871. The predicted octanol–water partition coefficient (Wildman–Crippen LogP) is 7.07. The lowest BCUT2D eigenvalue weighted by Gasteiger charge is -2.62. The molecule has 3 nitrogen and oxygen atoms in total. The van der Waals surface area contributed by atoms with Crippen molar-refractivity contribution in [3.8, 4) is 0 Å². The summed E-state index contributed by atoms with van der Waals surface area (Å²) in [5, 5.41) is 22.7. The second kappa shape index (κ2) is 10.0. The molecule has 0 amide bonds. The molecule has 0 unspecified atom stereocenters. The summed E-state index contributed by atoms with van der Waals surface area (Å²) in [6.07, 6.45) is 17.0. The van der Waals surface area contributed by atoms with Crippen molar-refractivity contribution in [2.75, 3.05) is 6.61 Å². The lowest BCUT2D eigenvalue weighted by molar-refractivity contribution is -0.221. The molecule has 3 fully saturated rings. The number of rotatable bonds is 8. The minimum Gasteiger partial charge on any atom is -0.393 e. The second-order valence-electron chi connectivity index (χ2n) is 13.3. The van der Waals surface area contributed by atoms with Gasteiger partial charge in [-0.3, -0.25) is 0 Å². The first-order valence-electron chi connectivity index (χ1n) is 14.5. The average molecular weight is 473 g/mol. The van der Waals surface area contributed by atoms with Crippen LogP contribution in [-0.2, 0) is 4.74 Å². The van der Waals surface area contributed by atoms with E-state index < -0.39 is 11.7 Å². The minimum absolute atomic E-state index is 0.213. The van der Waals surface area contributed by atoms with Gasteiger partial charge in [-0.25, -0.2) is 0 Å². The largest absolute Gasteiger partial charge is 0.393 e. The molecule has 0 heterocycles. The van der Waals surface area contributed by atoms with Gasteiger partial charge in [0.15, 0.2) is 0 Å². The molecule has 0 radical (unpaired) electrons. The highest BCUT2D eigenvalue weighted by Crippen LogP contribution is 2.67. The van der Waals surface area contributed by atoms with Crippen LogP contribution in [0.1, 0.15) is 106 Å². The normalized spacial score (nSPS) is 45.1. The Kier molecular flexibility index (Phi) is 7.79. The maximum Gasteiger partial charge on any atom is 0.105 e. The molecule has 0 aliphatic heterocycles. The van der Waals surface area contributed by atoms with Crippen molar-refractivity contribution in [2.24, 2.45) is 40.4 Å². The van der Waals surface area contributed by atoms with Crippen LogP contribution in [0.4, 0.5) is 0 Å². The molecule has 194 valence electrons. The van der Waals surface area contributed by atoms with Crippen LogP contribution < -0.4 is 0 Å². The molecule has 4 rings (SSSR count). The first-order valence-corrected chi connectivity index (χ1v) is 14.5. The highest BCUT2D eigenvalue weighted by Gasteiger charge is 2.65. The number of allylic oxidation sites excluding steroid dienone is 3. The lowest BCUT2D eigenvalue weighted by atomic mass is 9.45. The molecule has 0 aromatic carbocycles. The molecule has 0 spiro atoms.